The zero-order valence-corrected chi connectivity index (χ0v) is 25.2. The lowest BCUT2D eigenvalue weighted by Gasteiger charge is -2.31. The molecule has 6 rings (SSSR count). The molecule has 7 nitrogen and oxygen atoms in total. The summed E-state index contributed by atoms with van der Waals surface area (Å²) in [6.07, 6.45) is 3.49. The number of hydrogen-bond donors (Lipinski definition) is 0. The van der Waals surface area contributed by atoms with Crippen LogP contribution in [0.1, 0.15) is 34.4 Å². The molecule has 0 saturated carbocycles. The first-order chi connectivity index (χ1) is 19.8. The van der Waals surface area contributed by atoms with E-state index in [9.17, 15) is 13.2 Å². The quantitative estimate of drug-likeness (QED) is 0.202. The van der Waals surface area contributed by atoms with Gasteiger partial charge in [-0.3, -0.25) is 4.79 Å². The summed E-state index contributed by atoms with van der Waals surface area (Å²) in [5.74, 6) is 1.22. The number of aryl methyl sites for hydroxylation is 1. The fourth-order valence-electron chi connectivity index (χ4n) is 5.25. The molecule has 0 unspecified atom stereocenters. The molecule has 5 aromatic rings. The summed E-state index contributed by atoms with van der Waals surface area (Å²) in [6, 6.07) is 18.9. The molecule has 1 fully saturated rings. The van der Waals surface area contributed by atoms with E-state index in [2.05, 4.69) is 10.5 Å². The van der Waals surface area contributed by atoms with Gasteiger partial charge in [0.05, 0.1) is 27.6 Å². The van der Waals surface area contributed by atoms with Crippen LogP contribution in [0, 0.1) is 6.92 Å². The van der Waals surface area contributed by atoms with Crippen LogP contribution in [0.15, 0.2) is 80.8 Å². The van der Waals surface area contributed by atoms with Crippen LogP contribution in [0.4, 0.5) is 0 Å². The van der Waals surface area contributed by atoms with E-state index in [-0.39, 0.29) is 5.91 Å². The van der Waals surface area contributed by atoms with Crippen LogP contribution in [0.2, 0.25) is 0 Å². The number of thiophene rings is 1. The van der Waals surface area contributed by atoms with Crippen molar-refractivity contribution in [2.45, 2.75) is 37.0 Å². The summed E-state index contributed by atoms with van der Waals surface area (Å²) in [7, 11) is -3.25. The second-order valence-corrected chi connectivity index (χ2v) is 14.3. The third kappa shape index (κ3) is 5.91. The molecule has 1 aliphatic rings. The Labute approximate surface area is 247 Å². The second kappa shape index (κ2) is 11.3. The third-order valence-electron chi connectivity index (χ3n) is 7.50. The number of piperidine rings is 1. The van der Waals surface area contributed by atoms with Crippen molar-refractivity contribution < 1.29 is 17.7 Å². The molecule has 1 aliphatic heterocycles. The monoisotopic (exact) mass is 603 g/mol. The molecular formula is C31H29N3O4S3. The largest absolute Gasteiger partial charge is 0.360 e. The van der Waals surface area contributed by atoms with E-state index >= 15 is 0 Å². The number of sulfone groups is 1. The Hall–Kier alpha value is -3.60. The fourth-order valence-corrected chi connectivity index (χ4v) is 7.56. The van der Waals surface area contributed by atoms with Gasteiger partial charge >= 0.3 is 0 Å². The first-order valence-electron chi connectivity index (χ1n) is 13.4. The molecule has 3 aromatic heterocycles. The van der Waals surface area contributed by atoms with E-state index in [0.717, 1.165) is 69.5 Å². The molecule has 1 saturated heterocycles. The summed E-state index contributed by atoms with van der Waals surface area (Å²) in [5, 5.41) is 9.55. The highest BCUT2D eigenvalue weighted by atomic mass is 32.2. The number of amides is 1. The number of thiazole rings is 1. The molecule has 4 heterocycles. The Balaban J connectivity index is 1.19. The standard InChI is InChI=1S/C31H29N3O4S3/c1-20-29(27-19-40-31(32-27)22-12-14-34(15-13-22)28(35)18-25-7-4-16-39-25)30(33-38-20)24-6-3-5-23(17-24)21-8-10-26(11-9-21)41(2,36)37/h3-11,16-17,19,22H,12-15,18H2,1-2H3. The molecule has 0 bridgehead atoms. The molecule has 210 valence electrons. The Morgan fingerprint density at radius 2 is 1.76 bits per heavy atom. The van der Waals surface area contributed by atoms with E-state index in [4.69, 9.17) is 9.51 Å². The van der Waals surface area contributed by atoms with Crippen molar-refractivity contribution in [3.8, 4) is 33.6 Å². The second-order valence-electron chi connectivity index (χ2n) is 10.3. The summed E-state index contributed by atoms with van der Waals surface area (Å²) in [6.45, 7) is 3.40. The summed E-state index contributed by atoms with van der Waals surface area (Å²) in [4.78, 5) is 21.1. The van der Waals surface area contributed by atoms with Crippen molar-refractivity contribution in [3.05, 3.63) is 87.1 Å². The Kier molecular flexibility index (Phi) is 7.63. The first kappa shape index (κ1) is 27.6. The van der Waals surface area contributed by atoms with Crippen molar-refractivity contribution in [1.29, 1.82) is 0 Å². The Morgan fingerprint density at radius 1 is 1.00 bits per heavy atom. The zero-order chi connectivity index (χ0) is 28.6. The molecule has 0 radical (unpaired) electrons. The minimum Gasteiger partial charge on any atom is -0.360 e. The Bertz CT molecular complexity index is 1780. The lowest BCUT2D eigenvalue weighted by atomic mass is 9.97. The van der Waals surface area contributed by atoms with Gasteiger partial charge in [0.15, 0.2) is 9.84 Å². The zero-order valence-electron chi connectivity index (χ0n) is 22.7. The molecule has 10 heteroatoms. The summed E-state index contributed by atoms with van der Waals surface area (Å²) < 4.78 is 29.4. The van der Waals surface area contributed by atoms with Gasteiger partial charge in [0.1, 0.15) is 11.5 Å². The van der Waals surface area contributed by atoms with E-state index in [0.29, 0.717) is 23.0 Å². The normalized spacial score (nSPS) is 14.4. The minimum absolute atomic E-state index is 0.198. The van der Waals surface area contributed by atoms with Gasteiger partial charge in [-0.2, -0.15) is 0 Å². The van der Waals surface area contributed by atoms with Gasteiger partial charge in [-0.05, 0) is 60.5 Å². The summed E-state index contributed by atoms with van der Waals surface area (Å²) in [5.41, 5.74) is 5.21. The lowest BCUT2D eigenvalue weighted by molar-refractivity contribution is -0.131. The molecule has 0 aliphatic carbocycles. The first-order valence-corrected chi connectivity index (χ1v) is 17.0. The number of aromatic nitrogens is 2. The lowest BCUT2D eigenvalue weighted by Crippen LogP contribution is -2.38. The van der Waals surface area contributed by atoms with E-state index in [1.165, 1.54) is 6.26 Å². The number of carbonyl (C=O) groups is 1. The van der Waals surface area contributed by atoms with Gasteiger partial charge in [-0.1, -0.05) is 41.6 Å². The molecule has 41 heavy (non-hydrogen) atoms. The van der Waals surface area contributed by atoms with Crippen LogP contribution in [-0.2, 0) is 21.1 Å². The highest BCUT2D eigenvalue weighted by Crippen LogP contribution is 2.39. The number of nitrogens with zero attached hydrogens (tertiary/aromatic N) is 3. The molecule has 0 atom stereocenters. The number of likely N-dealkylation sites (tertiary alicyclic amines) is 1. The van der Waals surface area contributed by atoms with Gasteiger partial charge < -0.3 is 9.42 Å². The van der Waals surface area contributed by atoms with E-state index < -0.39 is 9.84 Å². The van der Waals surface area contributed by atoms with Crippen LogP contribution in [-0.4, -0.2) is 48.7 Å². The van der Waals surface area contributed by atoms with Crippen LogP contribution < -0.4 is 0 Å². The summed E-state index contributed by atoms with van der Waals surface area (Å²) >= 11 is 3.28. The van der Waals surface area contributed by atoms with Gasteiger partial charge in [0.2, 0.25) is 5.91 Å². The molecule has 0 N–H and O–H groups in total. The topological polar surface area (TPSA) is 93.4 Å². The van der Waals surface area contributed by atoms with Gasteiger partial charge in [-0.15, -0.1) is 22.7 Å². The van der Waals surface area contributed by atoms with Crippen molar-refractivity contribution in [3.63, 3.8) is 0 Å². The predicted octanol–water partition coefficient (Wildman–Crippen LogP) is 6.85. The van der Waals surface area contributed by atoms with Crippen LogP contribution >= 0.6 is 22.7 Å². The maximum atomic E-state index is 12.7. The van der Waals surface area contributed by atoms with Crippen LogP contribution in [0.25, 0.3) is 33.6 Å². The fraction of sp³-hybridized carbons (Fsp3) is 0.258. The SMILES string of the molecule is Cc1onc(-c2cccc(-c3ccc(S(C)(=O)=O)cc3)c2)c1-c1csc(C2CCN(C(=O)Cc3cccs3)CC2)n1. The molecule has 2 aromatic carbocycles. The maximum absolute atomic E-state index is 12.7. The molecule has 0 spiro atoms. The van der Waals surface area contributed by atoms with Gasteiger partial charge in [0, 0.05) is 41.1 Å². The highest BCUT2D eigenvalue weighted by molar-refractivity contribution is 7.90. The van der Waals surface area contributed by atoms with Gasteiger partial charge in [0.25, 0.3) is 0 Å². The number of benzene rings is 2. The Morgan fingerprint density at radius 3 is 2.46 bits per heavy atom. The maximum Gasteiger partial charge on any atom is 0.227 e. The predicted molar refractivity (Wildman–Crippen MR) is 163 cm³/mol. The number of carbonyl (C=O) groups excluding carboxylic acids is 1. The number of rotatable bonds is 7. The minimum atomic E-state index is -3.25. The molecular weight excluding hydrogens is 575 g/mol. The van der Waals surface area contributed by atoms with Crippen molar-refractivity contribution >= 4 is 38.4 Å². The third-order valence-corrected chi connectivity index (χ3v) is 10.5. The smallest absolute Gasteiger partial charge is 0.227 e. The van der Waals surface area contributed by atoms with Crippen molar-refractivity contribution in [2.75, 3.05) is 19.3 Å². The van der Waals surface area contributed by atoms with Crippen LogP contribution in [0.3, 0.4) is 0 Å². The van der Waals surface area contributed by atoms with Crippen molar-refractivity contribution in [1.82, 2.24) is 15.0 Å². The van der Waals surface area contributed by atoms with Crippen LogP contribution in [0.5, 0.6) is 0 Å². The average Bonchev–Trinajstić information content (AvgIpc) is 3.74. The van der Waals surface area contributed by atoms with E-state index in [1.54, 1.807) is 34.8 Å². The van der Waals surface area contributed by atoms with E-state index in [1.807, 2.05) is 65.7 Å². The van der Waals surface area contributed by atoms with Gasteiger partial charge in [-0.25, -0.2) is 13.4 Å². The molecule has 1 amide bonds. The highest BCUT2D eigenvalue weighted by Gasteiger charge is 2.27. The number of hydrogen-bond acceptors (Lipinski definition) is 8. The van der Waals surface area contributed by atoms with Crippen molar-refractivity contribution in [2.24, 2.45) is 0 Å². The average molecular weight is 604 g/mol.